The van der Waals surface area contributed by atoms with Gasteiger partial charge in [0.15, 0.2) is 5.96 Å². The average molecular weight is 310 g/mol. The Balaban J connectivity index is 1.78. The summed E-state index contributed by atoms with van der Waals surface area (Å²) in [4.78, 5) is 4.48. The molecule has 116 valence electrons. The minimum absolute atomic E-state index is 0.169. The van der Waals surface area contributed by atoms with Gasteiger partial charge in [0.1, 0.15) is 0 Å². The van der Waals surface area contributed by atoms with Crippen LogP contribution in [0.2, 0.25) is 5.02 Å². The van der Waals surface area contributed by atoms with Crippen molar-refractivity contribution in [3.63, 3.8) is 0 Å². The Morgan fingerprint density at radius 2 is 2.10 bits per heavy atom. The molecule has 0 heterocycles. The summed E-state index contributed by atoms with van der Waals surface area (Å²) in [5.41, 5.74) is 7.38. The van der Waals surface area contributed by atoms with Crippen molar-refractivity contribution in [2.24, 2.45) is 10.7 Å². The van der Waals surface area contributed by atoms with Crippen molar-refractivity contribution < 1.29 is 4.74 Å². The molecule has 1 aromatic carbocycles. The third-order valence-electron chi connectivity index (χ3n) is 3.84. The normalized spacial score (nSPS) is 16.8. The standard InChI is InChI=1S/C16H24ClN3O/c1-2-21-11-3-10-19-15(18)20-12-16(8-9-16)13-4-6-14(17)7-5-13/h4-7H,2-3,8-12H2,1H3,(H3,18,19,20). The molecule has 0 unspecified atom stereocenters. The molecule has 0 atom stereocenters. The summed E-state index contributed by atoms with van der Waals surface area (Å²) in [6, 6.07) is 8.07. The van der Waals surface area contributed by atoms with E-state index in [1.807, 2.05) is 19.1 Å². The van der Waals surface area contributed by atoms with E-state index >= 15 is 0 Å². The first-order valence-electron chi connectivity index (χ1n) is 7.54. The number of guanidine groups is 1. The number of nitrogens with one attached hydrogen (secondary N) is 1. The van der Waals surface area contributed by atoms with Crippen LogP contribution in [0, 0.1) is 0 Å². The lowest BCUT2D eigenvalue weighted by molar-refractivity contribution is 0.145. The highest BCUT2D eigenvalue weighted by atomic mass is 35.5. The Kier molecular flexibility index (Phi) is 5.88. The van der Waals surface area contributed by atoms with Crippen molar-refractivity contribution in [2.45, 2.75) is 31.6 Å². The minimum Gasteiger partial charge on any atom is -0.382 e. The molecule has 1 aliphatic carbocycles. The molecule has 5 heteroatoms. The van der Waals surface area contributed by atoms with Crippen LogP contribution in [0.4, 0.5) is 0 Å². The Morgan fingerprint density at radius 3 is 2.71 bits per heavy atom. The van der Waals surface area contributed by atoms with Gasteiger partial charge in [-0.15, -0.1) is 0 Å². The number of aliphatic imine (C=N–C) groups is 1. The topological polar surface area (TPSA) is 59.6 Å². The molecule has 0 spiro atoms. The Hall–Kier alpha value is -1.26. The molecule has 4 nitrogen and oxygen atoms in total. The van der Waals surface area contributed by atoms with E-state index in [4.69, 9.17) is 22.1 Å². The first-order chi connectivity index (χ1) is 10.2. The Morgan fingerprint density at radius 1 is 1.38 bits per heavy atom. The quantitative estimate of drug-likeness (QED) is 0.441. The zero-order valence-electron chi connectivity index (χ0n) is 12.6. The summed E-state index contributed by atoms with van der Waals surface area (Å²) >= 11 is 5.94. The van der Waals surface area contributed by atoms with Crippen LogP contribution in [0.3, 0.4) is 0 Å². The van der Waals surface area contributed by atoms with Crippen LogP contribution < -0.4 is 11.1 Å². The monoisotopic (exact) mass is 309 g/mol. The van der Waals surface area contributed by atoms with Gasteiger partial charge in [-0.1, -0.05) is 23.7 Å². The van der Waals surface area contributed by atoms with Crippen LogP contribution in [0.15, 0.2) is 29.3 Å². The minimum atomic E-state index is 0.169. The molecule has 21 heavy (non-hydrogen) atoms. The van der Waals surface area contributed by atoms with Crippen LogP contribution in [-0.4, -0.2) is 32.3 Å². The molecule has 1 aromatic rings. The molecule has 0 aliphatic heterocycles. The van der Waals surface area contributed by atoms with Crippen molar-refractivity contribution in [1.29, 1.82) is 0 Å². The van der Waals surface area contributed by atoms with Gasteiger partial charge in [0, 0.05) is 30.2 Å². The van der Waals surface area contributed by atoms with Gasteiger partial charge in [0.05, 0.1) is 6.54 Å². The molecule has 3 N–H and O–H groups in total. The summed E-state index contributed by atoms with van der Waals surface area (Å²) < 4.78 is 5.28. The van der Waals surface area contributed by atoms with Gasteiger partial charge in [0.25, 0.3) is 0 Å². The third-order valence-corrected chi connectivity index (χ3v) is 4.09. The number of halogens is 1. The van der Waals surface area contributed by atoms with E-state index in [-0.39, 0.29) is 5.41 Å². The first kappa shape index (κ1) is 16.1. The van der Waals surface area contributed by atoms with Crippen LogP contribution >= 0.6 is 11.6 Å². The van der Waals surface area contributed by atoms with Crippen LogP contribution in [0.1, 0.15) is 31.7 Å². The average Bonchev–Trinajstić information content (AvgIpc) is 3.27. The second-order valence-corrected chi connectivity index (χ2v) is 5.90. The maximum Gasteiger partial charge on any atom is 0.188 e. The summed E-state index contributed by atoms with van der Waals surface area (Å²) in [6.07, 6.45) is 3.26. The van der Waals surface area contributed by atoms with Crippen LogP contribution in [0.25, 0.3) is 0 Å². The summed E-state index contributed by atoms with van der Waals surface area (Å²) in [5, 5.41) is 3.90. The van der Waals surface area contributed by atoms with Gasteiger partial charge in [-0.3, -0.25) is 4.99 Å². The van der Waals surface area contributed by atoms with Crippen LogP contribution in [0.5, 0.6) is 0 Å². The van der Waals surface area contributed by atoms with Crippen molar-refractivity contribution in [1.82, 2.24) is 5.32 Å². The smallest absolute Gasteiger partial charge is 0.188 e. The van der Waals surface area contributed by atoms with Gasteiger partial charge < -0.3 is 15.8 Å². The maximum atomic E-state index is 5.94. The van der Waals surface area contributed by atoms with Gasteiger partial charge in [-0.05, 0) is 43.9 Å². The van der Waals surface area contributed by atoms with E-state index in [0.717, 1.165) is 50.6 Å². The number of benzene rings is 1. The maximum absolute atomic E-state index is 5.94. The molecule has 0 saturated heterocycles. The number of ether oxygens (including phenoxy) is 1. The van der Waals surface area contributed by atoms with Crippen molar-refractivity contribution in [3.8, 4) is 0 Å². The lowest BCUT2D eigenvalue weighted by atomic mass is 9.96. The second kappa shape index (κ2) is 7.66. The Labute approximate surface area is 131 Å². The molecule has 1 saturated carbocycles. The fraction of sp³-hybridized carbons (Fsp3) is 0.562. The van der Waals surface area contributed by atoms with Gasteiger partial charge in [0.2, 0.25) is 0 Å². The summed E-state index contributed by atoms with van der Waals surface area (Å²) in [7, 11) is 0. The molecular formula is C16H24ClN3O. The van der Waals surface area contributed by atoms with Crippen molar-refractivity contribution in [3.05, 3.63) is 34.9 Å². The van der Waals surface area contributed by atoms with E-state index in [0.29, 0.717) is 5.96 Å². The number of hydrogen-bond acceptors (Lipinski definition) is 2. The van der Waals surface area contributed by atoms with Crippen molar-refractivity contribution >= 4 is 17.6 Å². The van der Waals surface area contributed by atoms with Crippen LogP contribution in [-0.2, 0) is 10.2 Å². The zero-order valence-corrected chi connectivity index (χ0v) is 13.3. The number of rotatable bonds is 8. The predicted molar refractivity (Wildman–Crippen MR) is 88.0 cm³/mol. The highest BCUT2D eigenvalue weighted by molar-refractivity contribution is 6.30. The number of nitrogens with two attached hydrogens (primary N) is 1. The SMILES string of the molecule is CCOCCCNC(N)=NCC1(c2ccc(Cl)cc2)CC1. The summed E-state index contributed by atoms with van der Waals surface area (Å²) in [6.45, 7) is 5.04. The largest absolute Gasteiger partial charge is 0.382 e. The predicted octanol–water partition coefficient (Wildman–Crippen LogP) is 2.70. The summed E-state index contributed by atoms with van der Waals surface area (Å²) in [5.74, 6) is 0.520. The molecule has 0 radical (unpaired) electrons. The lowest BCUT2D eigenvalue weighted by Gasteiger charge is -2.14. The molecule has 0 amide bonds. The first-order valence-corrected chi connectivity index (χ1v) is 7.92. The van der Waals surface area contributed by atoms with Crippen molar-refractivity contribution in [2.75, 3.05) is 26.3 Å². The van der Waals surface area contributed by atoms with E-state index in [1.54, 1.807) is 0 Å². The van der Waals surface area contributed by atoms with Gasteiger partial charge in [-0.2, -0.15) is 0 Å². The zero-order chi connectivity index (χ0) is 15.1. The highest BCUT2D eigenvalue weighted by Gasteiger charge is 2.44. The molecule has 0 aromatic heterocycles. The third kappa shape index (κ3) is 4.90. The van der Waals surface area contributed by atoms with Gasteiger partial charge >= 0.3 is 0 Å². The number of hydrogen-bond donors (Lipinski definition) is 2. The van der Waals surface area contributed by atoms with E-state index in [1.165, 1.54) is 5.56 Å². The number of nitrogens with zero attached hydrogens (tertiary/aromatic N) is 1. The fourth-order valence-corrected chi connectivity index (χ4v) is 2.45. The molecule has 0 bridgehead atoms. The second-order valence-electron chi connectivity index (χ2n) is 5.47. The highest BCUT2D eigenvalue weighted by Crippen LogP contribution is 2.48. The Bertz CT molecular complexity index is 469. The molecule has 1 fully saturated rings. The molecule has 2 rings (SSSR count). The van der Waals surface area contributed by atoms with E-state index in [9.17, 15) is 0 Å². The lowest BCUT2D eigenvalue weighted by Crippen LogP contribution is -2.33. The molecule has 1 aliphatic rings. The fourth-order valence-electron chi connectivity index (χ4n) is 2.32. The molecular weight excluding hydrogens is 286 g/mol. The van der Waals surface area contributed by atoms with Gasteiger partial charge in [-0.25, -0.2) is 0 Å². The van der Waals surface area contributed by atoms with E-state index in [2.05, 4.69) is 22.4 Å². The van der Waals surface area contributed by atoms with E-state index < -0.39 is 0 Å².